The van der Waals surface area contributed by atoms with Crippen molar-refractivity contribution in [3.05, 3.63) is 48.0 Å². The van der Waals surface area contributed by atoms with E-state index in [4.69, 9.17) is 10.5 Å². The minimum absolute atomic E-state index is 0.131. The zero-order valence-electron chi connectivity index (χ0n) is 10.5. The van der Waals surface area contributed by atoms with E-state index in [1.807, 2.05) is 30.3 Å². The Bertz CT molecular complexity index is 598. The fourth-order valence-electron chi connectivity index (χ4n) is 2.31. The first-order valence-electron chi connectivity index (χ1n) is 6.28. The summed E-state index contributed by atoms with van der Waals surface area (Å²) in [6, 6.07) is 13.4. The molecule has 0 atom stereocenters. The van der Waals surface area contributed by atoms with E-state index in [-0.39, 0.29) is 5.75 Å². The van der Waals surface area contributed by atoms with Gasteiger partial charge >= 0.3 is 0 Å². The Kier molecular flexibility index (Phi) is 2.91. The smallest absolute Gasteiger partial charge is 0.142 e. The minimum atomic E-state index is 0.131. The van der Waals surface area contributed by atoms with Crippen molar-refractivity contribution in [2.45, 2.75) is 6.54 Å². The second-order valence-electron chi connectivity index (χ2n) is 4.63. The largest absolute Gasteiger partial charge is 0.506 e. The molecule has 0 saturated heterocycles. The zero-order valence-corrected chi connectivity index (χ0v) is 10.5. The van der Waals surface area contributed by atoms with Gasteiger partial charge in [-0.25, -0.2) is 0 Å². The number of para-hydroxylation sites is 2. The van der Waals surface area contributed by atoms with E-state index in [0.717, 1.165) is 30.1 Å². The Balaban J connectivity index is 1.86. The molecule has 0 bridgehead atoms. The third kappa shape index (κ3) is 2.29. The number of anilines is 2. The predicted octanol–water partition coefficient (Wildman–Crippen LogP) is 2.37. The number of nitrogens with two attached hydrogens (primary N) is 1. The number of hydrogen-bond acceptors (Lipinski definition) is 4. The Hall–Kier alpha value is -2.36. The summed E-state index contributed by atoms with van der Waals surface area (Å²) in [5, 5.41) is 9.45. The lowest BCUT2D eigenvalue weighted by Crippen LogP contribution is -2.32. The summed E-state index contributed by atoms with van der Waals surface area (Å²) in [6.45, 7) is 2.28. The van der Waals surface area contributed by atoms with Crippen LogP contribution < -0.4 is 15.4 Å². The molecule has 3 rings (SSSR count). The van der Waals surface area contributed by atoms with E-state index in [2.05, 4.69) is 11.0 Å². The van der Waals surface area contributed by atoms with E-state index in [1.165, 1.54) is 0 Å². The van der Waals surface area contributed by atoms with E-state index >= 15 is 0 Å². The average molecular weight is 256 g/mol. The molecule has 0 saturated carbocycles. The molecular weight excluding hydrogens is 240 g/mol. The Morgan fingerprint density at radius 1 is 1.21 bits per heavy atom. The van der Waals surface area contributed by atoms with Crippen molar-refractivity contribution in [2.24, 2.45) is 0 Å². The lowest BCUT2D eigenvalue weighted by atomic mass is 10.1. The van der Waals surface area contributed by atoms with Gasteiger partial charge in [-0.3, -0.25) is 0 Å². The number of fused-ring (bicyclic) bond motifs is 1. The predicted molar refractivity (Wildman–Crippen MR) is 75.5 cm³/mol. The van der Waals surface area contributed by atoms with Crippen LogP contribution in [0.15, 0.2) is 42.5 Å². The number of benzene rings is 2. The van der Waals surface area contributed by atoms with Crippen molar-refractivity contribution in [1.29, 1.82) is 0 Å². The van der Waals surface area contributed by atoms with E-state index in [0.29, 0.717) is 12.3 Å². The topological polar surface area (TPSA) is 58.7 Å². The molecule has 0 radical (unpaired) electrons. The van der Waals surface area contributed by atoms with Crippen LogP contribution in [0.3, 0.4) is 0 Å². The molecule has 4 heteroatoms. The Labute approximate surface area is 112 Å². The highest BCUT2D eigenvalue weighted by molar-refractivity contribution is 5.60. The third-order valence-corrected chi connectivity index (χ3v) is 3.29. The fraction of sp³-hybridized carbons (Fsp3) is 0.200. The van der Waals surface area contributed by atoms with Gasteiger partial charge in [-0.15, -0.1) is 0 Å². The molecular formula is C15H16N2O2. The van der Waals surface area contributed by atoms with Gasteiger partial charge in [0.15, 0.2) is 0 Å². The quantitative estimate of drug-likeness (QED) is 0.639. The number of nitrogen functional groups attached to an aromatic ring is 1. The molecule has 0 amide bonds. The maximum atomic E-state index is 9.45. The molecule has 0 fully saturated rings. The van der Waals surface area contributed by atoms with Crippen molar-refractivity contribution < 1.29 is 9.84 Å². The van der Waals surface area contributed by atoms with Gasteiger partial charge in [0.25, 0.3) is 0 Å². The maximum Gasteiger partial charge on any atom is 0.142 e. The summed E-state index contributed by atoms with van der Waals surface area (Å²) in [7, 11) is 0. The second-order valence-corrected chi connectivity index (χ2v) is 4.63. The van der Waals surface area contributed by atoms with Gasteiger partial charge in [0.2, 0.25) is 0 Å². The summed E-state index contributed by atoms with van der Waals surface area (Å²) in [5.41, 5.74) is 8.32. The number of hydrogen-bond donors (Lipinski definition) is 2. The molecule has 2 aromatic carbocycles. The number of aromatic hydroxyl groups is 1. The number of nitrogens with zero attached hydrogens (tertiary/aromatic N) is 1. The highest BCUT2D eigenvalue weighted by Crippen LogP contribution is 2.32. The summed E-state index contributed by atoms with van der Waals surface area (Å²) in [6.07, 6.45) is 0. The van der Waals surface area contributed by atoms with Gasteiger partial charge in [-0.05, 0) is 29.8 Å². The lowest BCUT2D eigenvalue weighted by molar-refractivity contribution is 0.307. The summed E-state index contributed by atoms with van der Waals surface area (Å²) in [4.78, 5) is 2.25. The van der Waals surface area contributed by atoms with E-state index in [9.17, 15) is 5.11 Å². The van der Waals surface area contributed by atoms with Gasteiger partial charge in [-0.2, -0.15) is 0 Å². The van der Waals surface area contributed by atoms with Crippen molar-refractivity contribution in [1.82, 2.24) is 0 Å². The number of ether oxygens (including phenoxy) is 1. The van der Waals surface area contributed by atoms with Crippen LogP contribution in [-0.2, 0) is 6.54 Å². The van der Waals surface area contributed by atoms with Crippen molar-refractivity contribution in [3.8, 4) is 11.5 Å². The number of phenols is 1. The van der Waals surface area contributed by atoms with Gasteiger partial charge in [0.05, 0.1) is 17.9 Å². The second kappa shape index (κ2) is 4.72. The summed E-state index contributed by atoms with van der Waals surface area (Å²) in [5.74, 6) is 1.05. The van der Waals surface area contributed by atoms with Crippen LogP contribution in [0.1, 0.15) is 5.56 Å². The van der Waals surface area contributed by atoms with Crippen molar-refractivity contribution in [2.75, 3.05) is 23.8 Å². The molecule has 0 unspecified atom stereocenters. The molecule has 1 aliphatic heterocycles. The van der Waals surface area contributed by atoms with Gasteiger partial charge < -0.3 is 20.5 Å². The molecule has 1 heterocycles. The van der Waals surface area contributed by atoms with Crippen LogP contribution in [0.2, 0.25) is 0 Å². The Morgan fingerprint density at radius 3 is 2.89 bits per heavy atom. The summed E-state index contributed by atoms with van der Waals surface area (Å²) >= 11 is 0. The molecule has 2 aromatic rings. The van der Waals surface area contributed by atoms with E-state index in [1.54, 1.807) is 6.07 Å². The number of rotatable bonds is 2. The van der Waals surface area contributed by atoms with Crippen LogP contribution in [-0.4, -0.2) is 18.3 Å². The molecule has 0 aromatic heterocycles. The van der Waals surface area contributed by atoms with Crippen LogP contribution in [0.4, 0.5) is 11.4 Å². The molecule has 0 spiro atoms. The maximum absolute atomic E-state index is 9.45. The molecule has 0 aliphatic carbocycles. The average Bonchev–Trinajstić information content (AvgIpc) is 2.43. The van der Waals surface area contributed by atoms with Gasteiger partial charge in [0.1, 0.15) is 18.1 Å². The molecule has 19 heavy (non-hydrogen) atoms. The first-order chi connectivity index (χ1) is 9.24. The van der Waals surface area contributed by atoms with Crippen molar-refractivity contribution >= 4 is 11.4 Å². The lowest BCUT2D eigenvalue weighted by Gasteiger charge is -2.31. The minimum Gasteiger partial charge on any atom is -0.506 e. The molecule has 1 aliphatic rings. The van der Waals surface area contributed by atoms with E-state index < -0.39 is 0 Å². The van der Waals surface area contributed by atoms with Gasteiger partial charge in [-0.1, -0.05) is 18.2 Å². The third-order valence-electron chi connectivity index (χ3n) is 3.29. The summed E-state index contributed by atoms with van der Waals surface area (Å²) < 4.78 is 5.63. The van der Waals surface area contributed by atoms with Crippen LogP contribution >= 0.6 is 0 Å². The zero-order chi connectivity index (χ0) is 13.2. The highest BCUT2D eigenvalue weighted by Gasteiger charge is 2.17. The fourth-order valence-corrected chi connectivity index (χ4v) is 2.31. The molecule has 3 N–H and O–H groups in total. The molecule has 4 nitrogen and oxygen atoms in total. The van der Waals surface area contributed by atoms with Crippen LogP contribution in [0.5, 0.6) is 11.5 Å². The SMILES string of the molecule is Nc1cc(CN2CCOc3ccccc32)ccc1O. The van der Waals surface area contributed by atoms with Crippen LogP contribution in [0.25, 0.3) is 0 Å². The monoisotopic (exact) mass is 256 g/mol. The van der Waals surface area contributed by atoms with Gasteiger partial charge in [0, 0.05) is 6.54 Å². The first kappa shape index (κ1) is 11.7. The molecule has 98 valence electrons. The highest BCUT2D eigenvalue weighted by atomic mass is 16.5. The van der Waals surface area contributed by atoms with Crippen molar-refractivity contribution in [3.63, 3.8) is 0 Å². The standard InChI is InChI=1S/C15H16N2O2/c16-12-9-11(5-6-14(12)18)10-17-7-8-19-15-4-2-1-3-13(15)17/h1-6,9,18H,7-8,10,16H2. The Morgan fingerprint density at radius 2 is 2.05 bits per heavy atom. The van der Waals surface area contributed by atoms with Crippen LogP contribution in [0, 0.1) is 0 Å². The first-order valence-corrected chi connectivity index (χ1v) is 6.28. The normalized spacial score (nSPS) is 13.8. The number of phenolic OH excluding ortho intramolecular Hbond substituents is 1.